The summed E-state index contributed by atoms with van der Waals surface area (Å²) >= 11 is 0. The van der Waals surface area contributed by atoms with E-state index in [-0.39, 0.29) is 17.9 Å². The number of carbonyl (C=O) groups excluding carboxylic acids is 1. The van der Waals surface area contributed by atoms with Crippen molar-refractivity contribution in [3.63, 3.8) is 0 Å². The van der Waals surface area contributed by atoms with Crippen molar-refractivity contribution < 1.29 is 9.21 Å². The van der Waals surface area contributed by atoms with Gasteiger partial charge in [-0.25, -0.2) is 4.98 Å². The Morgan fingerprint density at radius 1 is 1.48 bits per heavy atom. The molecule has 2 heterocycles. The number of rotatable bonds is 3. The normalized spacial score (nSPS) is 18.9. The van der Waals surface area contributed by atoms with Crippen molar-refractivity contribution in [2.75, 3.05) is 6.54 Å². The van der Waals surface area contributed by atoms with Gasteiger partial charge in [-0.1, -0.05) is 24.3 Å². The lowest BCUT2D eigenvalue weighted by molar-refractivity contribution is -0.123. The van der Waals surface area contributed by atoms with Gasteiger partial charge in [-0.2, -0.15) is 0 Å². The second-order valence-electron chi connectivity index (χ2n) is 5.42. The van der Waals surface area contributed by atoms with Crippen LogP contribution in [0.1, 0.15) is 41.7 Å². The van der Waals surface area contributed by atoms with E-state index in [9.17, 15) is 4.79 Å². The van der Waals surface area contributed by atoms with Crippen LogP contribution < -0.4 is 10.6 Å². The first-order chi connectivity index (χ1) is 10.1. The van der Waals surface area contributed by atoms with Gasteiger partial charge in [0, 0.05) is 13.1 Å². The fraction of sp³-hybridized carbons (Fsp3) is 0.375. The van der Waals surface area contributed by atoms with Gasteiger partial charge in [-0.3, -0.25) is 4.79 Å². The number of hydrogen-bond acceptors (Lipinski definition) is 4. The van der Waals surface area contributed by atoms with Gasteiger partial charge in [0.2, 0.25) is 11.8 Å². The second-order valence-corrected chi connectivity index (χ2v) is 5.42. The first-order valence-electron chi connectivity index (χ1n) is 7.16. The number of fused-ring (bicyclic) bond motifs is 1. The van der Waals surface area contributed by atoms with E-state index in [0.717, 1.165) is 17.9 Å². The average Bonchev–Trinajstić information content (AvgIpc) is 2.93. The molecule has 0 radical (unpaired) electrons. The lowest BCUT2D eigenvalue weighted by Gasteiger charge is -2.26. The molecule has 1 aromatic carbocycles. The highest BCUT2D eigenvalue weighted by Gasteiger charge is 2.27. The number of aromatic nitrogens is 1. The number of nitrogens with one attached hydrogen (secondary N) is 2. The highest BCUT2D eigenvalue weighted by molar-refractivity contribution is 5.84. The summed E-state index contributed by atoms with van der Waals surface area (Å²) in [6.45, 7) is 5.19. The third-order valence-electron chi connectivity index (χ3n) is 3.78. The van der Waals surface area contributed by atoms with E-state index in [1.54, 1.807) is 6.20 Å². The number of aryl methyl sites for hydroxylation is 1. The van der Waals surface area contributed by atoms with Crippen molar-refractivity contribution in [3.8, 4) is 0 Å². The van der Waals surface area contributed by atoms with Gasteiger partial charge >= 0.3 is 0 Å². The van der Waals surface area contributed by atoms with Crippen molar-refractivity contribution in [1.29, 1.82) is 0 Å². The minimum absolute atomic E-state index is 0.00185. The Morgan fingerprint density at radius 3 is 3.05 bits per heavy atom. The predicted octanol–water partition coefficient (Wildman–Crippen LogP) is 2.05. The summed E-state index contributed by atoms with van der Waals surface area (Å²) in [6, 6.07) is 7.83. The number of benzene rings is 1. The van der Waals surface area contributed by atoms with E-state index in [4.69, 9.17) is 4.42 Å². The molecule has 21 heavy (non-hydrogen) atoms. The fourth-order valence-electron chi connectivity index (χ4n) is 2.68. The van der Waals surface area contributed by atoms with Gasteiger partial charge in [0.05, 0.1) is 12.1 Å². The third kappa shape index (κ3) is 2.83. The summed E-state index contributed by atoms with van der Waals surface area (Å²) in [5.41, 5.74) is 2.29. The van der Waals surface area contributed by atoms with Gasteiger partial charge in [0.1, 0.15) is 11.8 Å². The molecule has 0 fully saturated rings. The lowest BCUT2D eigenvalue weighted by atomic mass is 9.90. The summed E-state index contributed by atoms with van der Waals surface area (Å²) in [7, 11) is 0. The van der Waals surface area contributed by atoms with Crippen LogP contribution in [0.5, 0.6) is 0 Å². The summed E-state index contributed by atoms with van der Waals surface area (Å²) in [5, 5.41) is 6.27. The maximum atomic E-state index is 12.5. The standard InChI is InChI=1S/C16H19N3O2/c1-10-7-18-16(21-10)11(2)19-15(20)14-9-17-8-12-5-3-4-6-13(12)14/h3-7,11,14,17H,8-9H2,1-2H3,(H,19,20). The van der Waals surface area contributed by atoms with Crippen LogP contribution in [0, 0.1) is 6.92 Å². The summed E-state index contributed by atoms with van der Waals surface area (Å²) in [4.78, 5) is 16.7. The van der Waals surface area contributed by atoms with E-state index in [1.807, 2.05) is 32.0 Å². The van der Waals surface area contributed by atoms with Crippen LogP contribution in [0.4, 0.5) is 0 Å². The number of oxazole rings is 1. The molecular formula is C16H19N3O2. The molecule has 2 aromatic rings. The lowest BCUT2D eigenvalue weighted by Crippen LogP contribution is -2.39. The molecule has 2 atom stereocenters. The minimum Gasteiger partial charge on any atom is -0.444 e. The molecule has 0 bridgehead atoms. The van der Waals surface area contributed by atoms with E-state index in [2.05, 4.69) is 21.7 Å². The van der Waals surface area contributed by atoms with Crippen molar-refractivity contribution in [2.45, 2.75) is 32.4 Å². The minimum atomic E-state index is -0.236. The first-order valence-corrected chi connectivity index (χ1v) is 7.16. The van der Waals surface area contributed by atoms with Crippen LogP contribution in [0.15, 0.2) is 34.9 Å². The monoisotopic (exact) mass is 285 g/mol. The Morgan fingerprint density at radius 2 is 2.29 bits per heavy atom. The fourth-order valence-corrected chi connectivity index (χ4v) is 2.68. The van der Waals surface area contributed by atoms with Gasteiger partial charge in [0.15, 0.2) is 0 Å². The maximum Gasteiger partial charge on any atom is 0.229 e. The highest BCUT2D eigenvalue weighted by atomic mass is 16.4. The van der Waals surface area contributed by atoms with Crippen molar-refractivity contribution in [1.82, 2.24) is 15.6 Å². The number of nitrogens with zero attached hydrogens (tertiary/aromatic N) is 1. The third-order valence-corrected chi connectivity index (χ3v) is 3.78. The van der Waals surface area contributed by atoms with E-state index >= 15 is 0 Å². The van der Waals surface area contributed by atoms with Crippen LogP contribution in [0.25, 0.3) is 0 Å². The van der Waals surface area contributed by atoms with Gasteiger partial charge in [-0.05, 0) is 25.0 Å². The summed E-state index contributed by atoms with van der Waals surface area (Å²) < 4.78 is 5.46. The zero-order valence-corrected chi connectivity index (χ0v) is 12.2. The molecule has 5 heteroatoms. The molecule has 110 valence electrons. The smallest absolute Gasteiger partial charge is 0.229 e. The topological polar surface area (TPSA) is 67.2 Å². The van der Waals surface area contributed by atoms with Crippen molar-refractivity contribution in [3.05, 3.63) is 53.2 Å². The number of carbonyl (C=O) groups is 1. The zero-order chi connectivity index (χ0) is 14.8. The molecule has 2 unspecified atom stereocenters. The molecule has 0 spiro atoms. The predicted molar refractivity (Wildman–Crippen MR) is 78.7 cm³/mol. The number of amides is 1. The molecule has 1 aromatic heterocycles. The molecule has 1 aliphatic heterocycles. The van der Waals surface area contributed by atoms with E-state index in [1.165, 1.54) is 5.56 Å². The molecule has 0 saturated heterocycles. The Hall–Kier alpha value is -2.14. The van der Waals surface area contributed by atoms with Crippen LogP contribution in [-0.2, 0) is 11.3 Å². The molecule has 1 amide bonds. The summed E-state index contributed by atoms with van der Waals surface area (Å²) in [6.07, 6.45) is 1.66. The van der Waals surface area contributed by atoms with E-state index in [0.29, 0.717) is 12.4 Å². The average molecular weight is 285 g/mol. The summed E-state index contributed by atoms with van der Waals surface area (Å²) in [5.74, 6) is 1.11. The Kier molecular flexibility index (Phi) is 3.75. The van der Waals surface area contributed by atoms with Crippen molar-refractivity contribution >= 4 is 5.91 Å². The molecule has 0 saturated carbocycles. The highest BCUT2D eigenvalue weighted by Crippen LogP contribution is 2.25. The second kappa shape index (κ2) is 5.69. The van der Waals surface area contributed by atoms with Crippen LogP contribution in [0.3, 0.4) is 0 Å². The largest absolute Gasteiger partial charge is 0.444 e. The van der Waals surface area contributed by atoms with Gasteiger partial charge in [0.25, 0.3) is 0 Å². The zero-order valence-electron chi connectivity index (χ0n) is 12.2. The van der Waals surface area contributed by atoms with Gasteiger partial charge in [-0.15, -0.1) is 0 Å². The van der Waals surface area contributed by atoms with Crippen LogP contribution in [-0.4, -0.2) is 17.4 Å². The molecule has 2 N–H and O–H groups in total. The molecule has 0 aliphatic carbocycles. The Labute approximate surface area is 123 Å². The van der Waals surface area contributed by atoms with Crippen LogP contribution >= 0.6 is 0 Å². The van der Waals surface area contributed by atoms with Gasteiger partial charge < -0.3 is 15.1 Å². The quantitative estimate of drug-likeness (QED) is 0.905. The molecular weight excluding hydrogens is 266 g/mol. The first kappa shape index (κ1) is 13.8. The Balaban J connectivity index is 1.74. The number of hydrogen-bond donors (Lipinski definition) is 2. The molecule has 1 aliphatic rings. The molecule has 3 rings (SSSR count). The SMILES string of the molecule is Cc1cnc(C(C)NC(=O)C2CNCc3ccccc32)o1. The van der Waals surface area contributed by atoms with Crippen molar-refractivity contribution in [2.24, 2.45) is 0 Å². The molecule has 5 nitrogen and oxygen atoms in total. The van der Waals surface area contributed by atoms with Crippen LogP contribution in [0.2, 0.25) is 0 Å². The maximum absolute atomic E-state index is 12.5. The van der Waals surface area contributed by atoms with E-state index < -0.39 is 0 Å². The Bertz CT molecular complexity index is 650.